The van der Waals surface area contributed by atoms with E-state index in [1.807, 2.05) is 25.7 Å². The number of likely N-dealkylation sites (N-methyl/N-ethyl adjacent to an activating group) is 1. The van der Waals surface area contributed by atoms with Crippen molar-refractivity contribution in [2.45, 2.75) is 45.6 Å². The average molecular weight is 282 g/mol. The number of nitrogen functional groups attached to an aromatic ring is 1. The highest BCUT2D eigenvalue weighted by Crippen LogP contribution is 2.47. The molecule has 0 bridgehead atoms. The molecule has 1 aliphatic rings. The molecule has 1 aliphatic carbocycles. The largest absolute Gasteiger partial charge is 0.383 e. The highest BCUT2D eigenvalue weighted by molar-refractivity contribution is 7.10. The summed E-state index contributed by atoms with van der Waals surface area (Å²) < 4.78 is 4.21. The molecule has 19 heavy (non-hydrogen) atoms. The van der Waals surface area contributed by atoms with Gasteiger partial charge in [0.05, 0.1) is 0 Å². The van der Waals surface area contributed by atoms with Crippen LogP contribution in [0.5, 0.6) is 0 Å². The van der Waals surface area contributed by atoms with E-state index in [0.29, 0.717) is 11.7 Å². The van der Waals surface area contributed by atoms with E-state index in [-0.39, 0.29) is 11.9 Å². The Bertz CT molecular complexity index is 451. The van der Waals surface area contributed by atoms with Gasteiger partial charge >= 0.3 is 0 Å². The lowest BCUT2D eigenvalue weighted by molar-refractivity contribution is -0.131. The standard InChI is InChI=1S/C13H22N4OS/c1-4-17(5-2)13(18)8(3)15-12-10(9-6-7-9)11(14)16-19-12/h8-9,15H,4-7H2,1-3H3,(H2,14,16). The third kappa shape index (κ3) is 3.00. The number of amides is 1. The zero-order chi connectivity index (χ0) is 14.0. The fourth-order valence-corrected chi connectivity index (χ4v) is 3.13. The van der Waals surface area contributed by atoms with Gasteiger partial charge in [-0.15, -0.1) is 0 Å². The molecule has 6 heteroatoms. The van der Waals surface area contributed by atoms with Crippen molar-refractivity contribution in [3.63, 3.8) is 0 Å². The molecule has 1 aromatic heterocycles. The lowest BCUT2D eigenvalue weighted by Crippen LogP contribution is -2.41. The minimum atomic E-state index is -0.239. The number of carbonyl (C=O) groups is 1. The van der Waals surface area contributed by atoms with Gasteiger partial charge in [0.1, 0.15) is 16.9 Å². The molecule has 0 saturated heterocycles. The lowest BCUT2D eigenvalue weighted by Gasteiger charge is -2.23. The Morgan fingerprint density at radius 1 is 1.53 bits per heavy atom. The quantitative estimate of drug-likeness (QED) is 0.839. The molecule has 0 radical (unpaired) electrons. The van der Waals surface area contributed by atoms with Gasteiger partial charge in [-0.2, -0.15) is 4.37 Å². The molecule has 1 unspecified atom stereocenters. The average Bonchev–Trinajstić information content (AvgIpc) is 3.16. The normalized spacial score (nSPS) is 16.2. The van der Waals surface area contributed by atoms with Crippen molar-refractivity contribution in [3.8, 4) is 0 Å². The smallest absolute Gasteiger partial charge is 0.244 e. The minimum absolute atomic E-state index is 0.124. The summed E-state index contributed by atoms with van der Waals surface area (Å²) in [7, 11) is 0. The van der Waals surface area contributed by atoms with Crippen LogP contribution in [0.15, 0.2) is 0 Å². The summed E-state index contributed by atoms with van der Waals surface area (Å²) >= 11 is 1.36. The first-order valence-corrected chi connectivity index (χ1v) is 7.66. The highest BCUT2D eigenvalue weighted by atomic mass is 32.1. The van der Waals surface area contributed by atoms with Gasteiger partial charge in [0.2, 0.25) is 5.91 Å². The summed E-state index contributed by atoms with van der Waals surface area (Å²) in [6, 6.07) is -0.239. The summed E-state index contributed by atoms with van der Waals surface area (Å²) in [5.74, 6) is 1.29. The number of nitrogens with two attached hydrogens (primary N) is 1. The van der Waals surface area contributed by atoms with E-state index in [0.717, 1.165) is 23.7 Å². The van der Waals surface area contributed by atoms with Crippen molar-refractivity contribution >= 4 is 28.3 Å². The minimum Gasteiger partial charge on any atom is -0.383 e. The number of hydrogen-bond acceptors (Lipinski definition) is 5. The Morgan fingerprint density at radius 3 is 2.68 bits per heavy atom. The van der Waals surface area contributed by atoms with Gasteiger partial charge in [0.15, 0.2) is 0 Å². The number of anilines is 2. The number of nitrogens with one attached hydrogen (secondary N) is 1. The van der Waals surface area contributed by atoms with Crippen molar-refractivity contribution in [2.75, 3.05) is 24.1 Å². The first-order chi connectivity index (χ1) is 9.08. The first-order valence-electron chi connectivity index (χ1n) is 6.88. The van der Waals surface area contributed by atoms with Crippen LogP contribution in [0.25, 0.3) is 0 Å². The van der Waals surface area contributed by atoms with E-state index in [1.165, 1.54) is 24.4 Å². The van der Waals surface area contributed by atoms with Crippen LogP contribution in [0, 0.1) is 0 Å². The summed E-state index contributed by atoms with van der Waals surface area (Å²) in [5, 5.41) is 4.25. The number of aromatic nitrogens is 1. The Labute approximate surface area is 118 Å². The van der Waals surface area contributed by atoms with Crippen LogP contribution in [0.2, 0.25) is 0 Å². The van der Waals surface area contributed by atoms with Crippen LogP contribution < -0.4 is 11.1 Å². The van der Waals surface area contributed by atoms with Crippen LogP contribution in [0.3, 0.4) is 0 Å². The second-order valence-corrected chi connectivity index (χ2v) is 5.73. The number of carbonyl (C=O) groups excluding carboxylic acids is 1. The lowest BCUT2D eigenvalue weighted by atomic mass is 10.2. The molecule has 1 fully saturated rings. The van der Waals surface area contributed by atoms with Crippen molar-refractivity contribution in [1.29, 1.82) is 0 Å². The van der Waals surface area contributed by atoms with Gasteiger partial charge in [-0.05, 0) is 51.1 Å². The Kier molecular flexibility index (Phi) is 4.29. The predicted molar refractivity (Wildman–Crippen MR) is 79.5 cm³/mol. The van der Waals surface area contributed by atoms with Crippen LogP contribution in [-0.2, 0) is 4.79 Å². The van der Waals surface area contributed by atoms with Crippen LogP contribution in [0.1, 0.15) is 45.1 Å². The van der Waals surface area contributed by atoms with E-state index in [9.17, 15) is 4.79 Å². The predicted octanol–water partition coefficient (Wildman–Crippen LogP) is 2.27. The highest BCUT2D eigenvalue weighted by Gasteiger charge is 2.31. The molecule has 5 nitrogen and oxygen atoms in total. The summed E-state index contributed by atoms with van der Waals surface area (Å²) in [4.78, 5) is 14.1. The third-order valence-corrected chi connectivity index (χ3v) is 4.34. The molecule has 1 heterocycles. The van der Waals surface area contributed by atoms with Gasteiger partial charge < -0.3 is 16.0 Å². The van der Waals surface area contributed by atoms with Crippen molar-refractivity contribution in [1.82, 2.24) is 9.27 Å². The molecule has 0 aromatic carbocycles. The van der Waals surface area contributed by atoms with Crippen molar-refractivity contribution in [2.24, 2.45) is 0 Å². The maximum atomic E-state index is 12.2. The molecular formula is C13H22N4OS. The molecule has 106 valence electrons. The first kappa shape index (κ1) is 14.1. The van der Waals surface area contributed by atoms with E-state index < -0.39 is 0 Å². The van der Waals surface area contributed by atoms with Crippen LogP contribution in [-0.4, -0.2) is 34.3 Å². The molecule has 1 aromatic rings. The zero-order valence-corrected chi connectivity index (χ0v) is 12.6. The molecule has 2 rings (SSSR count). The summed E-state index contributed by atoms with van der Waals surface area (Å²) in [6.45, 7) is 7.36. The zero-order valence-electron chi connectivity index (χ0n) is 11.8. The molecular weight excluding hydrogens is 260 g/mol. The topological polar surface area (TPSA) is 71.2 Å². The van der Waals surface area contributed by atoms with Crippen LogP contribution >= 0.6 is 11.5 Å². The number of nitrogens with zero attached hydrogens (tertiary/aromatic N) is 2. The maximum Gasteiger partial charge on any atom is 0.244 e. The van der Waals surface area contributed by atoms with Gasteiger partial charge in [0.25, 0.3) is 0 Å². The SMILES string of the molecule is CCN(CC)C(=O)C(C)Nc1snc(N)c1C1CC1. The third-order valence-electron chi connectivity index (χ3n) is 3.53. The van der Waals surface area contributed by atoms with Crippen LogP contribution in [0.4, 0.5) is 10.8 Å². The molecule has 1 saturated carbocycles. The van der Waals surface area contributed by atoms with Gasteiger partial charge in [0, 0.05) is 18.7 Å². The maximum absolute atomic E-state index is 12.2. The fraction of sp³-hybridized carbons (Fsp3) is 0.692. The van der Waals surface area contributed by atoms with E-state index in [4.69, 9.17) is 5.73 Å². The molecule has 1 amide bonds. The monoisotopic (exact) mass is 282 g/mol. The second kappa shape index (κ2) is 5.77. The fourth-order valence-electron chi connectivity index (χ4n) is 2.25. The Hall–Kier alpha value is -1.30. The summed E-state index contributed by atoms with van der Waals surface area (Å²) in [5.41, 5.74) is 7.03. The summed E-state index contributed by atoms with van der Waals surface area (Å²) in [6.07, 6.45) is 2.35. The molecule has 1 atom stereocenters. The second-order valence-electron chi connectivity index (χ2n) is 4.96. The van der Waals surface area contributed by atoms with Crippen molar-refractivity contribution < 1.29 is 4.79 Å². The van der Waals surface area contributed by atoms with E-state index in [1.54, 1.807) is 0 Å². The Morgan fingerprint density at radius 2 is 2.16 bits per heavy atom. The number of rotatable bonds is 6. The Balaban J connectivity index is 2.06. The number of hydrogen-bond donors (Lipinski definition) is 2. The van der Waals surface area contributed by atoms with Crippen molar-refractivity contribution in [3.05, 3.63) is 5.56 Å². The van der Waals surface area contributed by atoms with Gasteiger partial charge in [-0.25, -0.2) is 0 Å². The molecule has 0 aliphatic heterocycles. The van der Waals surface area contributed by atoms with Gasteiger partial charge in [-0.3, -0.25) is 4.79 Å². The van der Waals surface area contributed by atoms with Gasteiger partial charge in [-0.1, -0.05) is 0 Å². The van der Waals surface area contributed by atoms with E-state index >= 15 is 0 Å². The van der Waals surface area contributed by atoms with E-state index in [2.05, 4.69) is 9.69 Å². The molecule has 3 N–H and O–H groups in total. The molecule has 0 spiro atoms.